The molecule has 5 aliphatic rings. The molecule has 0 aliphatic carbocycles. The lowest BCUT2D eigenvalue weighted by molar-refractivity contribution is -0.255. The predicted octanol–water partition coefficient (Wildman–Crippen LogP) is 14.6. The first-order chi connectivity index (χ1) is 31.8. The zero-order chi connectivity index (χ0) is 51.1. The van der Waals surface area contributed by atoms with Crippen LogP contribution < -0.4 is 0 Å². The molecule has 0 aromatic heterocycles. The Labute approximate surface area is 429 Å². The lowest BCUT2D eigenvalue weighted by Crippen LogP contribution is -2.60. The molecule has 0 bridgehead atoms. The molecule has 5 heterocycles. The summed E-state index contributed by atoms with van der Waals surface area (Å²) in [6.45, 7) is 46.7. The SMILES string of the molecule is CCS[C@@]12CC[C@@H]3O[C@H](CCCO[Si](C)(C)C(C)(C)C)[C@@](C)(O[Si](C)(C)C(C)(C)C)CC[C@H]3O[C@H]1C[C@H]1O[C@H]3C[C@H](C)[C@H](CCCOCc4ccccc4)O[C@]3(C)C[C@H](O[Si](C)(C)C(C)(C)C)[C@@H]1O2. The fourth-order valence-corrected chi connectivity index (χ4v) is 16.3. The van der Waals surface area contributed by atoms with Crippen LogP contribution in [0.2, 0.25) is 54.4 Å². The Bertz CT molecular complexity index is 1780. The number of ether oxygens (including phenoxy) is 6. The van der Waals surface area contributed by atoms with E-state index in [0.29, 0.717) is 19.1 Å². The highest BCUT2D eigenvalue weighted by atomic mass is 32.2. The molecule has 1 aromatic rings. The molecule has 5 fully saturated rings. The van der Waals surface area contributed by atoms with Gasteiger partial charge >= 0.3 is 0 Å². The van der Waals surface area contributed by atoms with Crippen LogP contribution in [0.4, 0.5) is 0 Å². The minimum atomic E-state index is -2.26. The molecule has 0 N–H and O–H groups in total. The Morgan fingerprint density at radius 3 is 1.94 bits per heavy atom. The van der Waals surface area contributed by atoms with Gasteiger partial charge in [0, 0.05) is 26.1 Å². The summed E-state index contributed by atoms with van der Waals surface area (Å²) < 4.78 is 65.7. The quantitative estimate of drug-likeness (QED) is 0.111. The van der Waals surface area contributed by atoms with Gasteiger partial charge in [0.15, 0.2) is 25.0 Å². The van der Waals surface area contributed by atoms with Crippen molar-refractivity contribution in [2.75, 3.05) is 19.0 Å². The molecule has 0 amide bonds. The molecule has 6 rings (SSSR count). The Morgan fingerprint density at radius 1 is 0.696 bits per heavy atom. The summed E-state index contributed by atoms with van der Waals surface area (Å²) in [6.07, 6.45) is 8.71. The standard InChI is InChI=1S/C56H102O9SSi3/c1-20-66-56-33-31-44-43(30-32-54(12,65-69(18,19)53(9,10)11)47(59-44)29-25-35-58-67(14,15)51(3,4)5)60-49(56)37-45-50(63-56)46(64-68(16,17)52(6,7)8)38-55(13)48(61-45)36-40(2)42(62-55)28-24-34-57-39-41-26-22-21-23-27-41/h21-23,26-27,40,42-50H,20,24-25,28-39H2,1-19H3/t40-,42-,43+,44-,45+,46-,47+,48-,49-,50+,54-,55+,56-/m0/s1. The number of hydrogen-bond donors (Lipinski definition) is 0. The summed E-state index contributed by atoms with van der Waals surface area (Å²) in [5.74, 6) is 1.27. The lowest BCUT2D eigenvalue weighted by atomic mass is 9.80. The van der Waals surface area contributed by atoms with Crippen LogP contribution in [0.15, 0.2) is 30.3 Å². The normalized spacial score (nSPS) is 36.3. The molecule has 1 aromatic carbocycles. The van der Waals surface area contributed by atoms with Crippen LogP contribution >= 0.6 is 11.8 Å². The van der Waals surface area contributed by atoms with E-state index in [-0.39, 0.29) is 70.1 Å². The fraction of sp³-hybridized carbons (Fsp3) is 0.893. The highest BCUT2D eigenvalue weighted by Gasteiger charge is 2.62. The third kappa shape index (κ3) is 13.6. The molecular weight excluding hydrogens is 933 g/mol. The first-order valence-electron chi connectivity index (χ1n) is 27.4. The molecule has 5 saturated heterocycles. The summed E-state index contributed by atoms with van der Waals surface area (Å²) in [5.41, 5.74) is 0.248. The van der Waals surface area contributed by atoms with Gasteiger partial charge in [-0.05, 0) is 143 Å². The van der Waals surface area contributed by atoms with Gasteiger partial charge in [0.25, 0.3) is 0 Å². The second kappa shape index (κ2) is 22.2. The second-order valence-electron chi connectivity index (χ2n) is 27.0. The average molecular weight is 1040 g/mol. The lowest BCUT2D eigenvalue weighted by Gasteiger charge is -2.51. The van der Waals surface area contributed by atoms with E-state index >= 15 is 0 Å². The van der Waals surface area contributed by atoms with Crippen molar-refractivity contribution in [3.63, 3.8) is 0 Å². The van der Waals surface area contributed by atoms with Gasteiger partial charge in [-0.1, -0.05) is 106 Å². The molecule has 0 radical (unpaired) electrons. The van der Waals surface area contributed by atoms with Crippen LogP contribution in [0.25, 0.3) is 0 Å². The Morgan fingerprint density at radius 2 is 1.30 bits per heavy atom. The first-order valence-corrected chi connectivity index (χ1v) is 37.1. The van der Waals surface area contributed by atoms with E-state index in [4.69, 9.17) is 41.7 Å². The minimum Gasteiger partial charge on any atom is -0.417 e. The van der Waals surface area contributed by atoms with E-state index in [1.54, 1.807) is 0 Å². The van der Waals surface area contributed by atoms with Crippen molar-refractivity contribution in [1.29, 1.82) is 0 Å². The zero-order valence-corrected chi connectivity index (χ0v) is 51.2. The molecule has 398 valence electrons. The maximum absolute atomic E-state index is 7.78. The fourth-order valence-electron chi connectivity index (χ4n) is 10.9. The van der Waals surface area contributed by atoms with Gasteiger partial charge in [-0.2, -0.15) is 0 Å². The number of hydrogen-bond acceptors (Lipinski definition) is 10. The topological polar surface area (TPSA) is 83.1 Å². The van der Waals surface area contributed by atoms with Crippen LogP contribution in [0.1, 0.15) is 166 Å². The largest absolute Gasteiger partial charge is 0.417 e. The number of benzene rings is 1. The summed E-state index contributed by atoms with van der Waals surface area (Å²) in [4.78, 5) is -0.551. The van der Waals surface area contributed by atoms with Gasteiger partial charge in [0.05, 0.1) is 66.6 Å². The van der Waals surface area contributed by atoms with Crippen LogP contribution in [-0.2, 0) is 48.3 Å². The Kier molecular flexibility index (Phi) is 18.7. The summed E-state index contributed by atoms with van der Waals surface area (Å²) >= 11 is 1.93. The van der Waals surface area contributed by atoms with Crippen molar-refractivity contribution >= 4 is 36.7 Å². The highest BCUT2D eigenvalue weighted by Crippen LogP contribution is 2.54. The van der Waals surface area contributed by atoms with Gasteiger partial charge in [-0.15, -0.1) is 11.8 Å². The van der Waals surface area contributed by atoms with Crippen LogP contribution in [-0.4, -0.2) is 115 Å². The van der Waals surface area contributed by atoms with E-state index in [0.717, 1.165) is 83.0 Å². The van der Waals surface area contributed by atoms with E-state index < -0.39 is 41.1 Å². The van der Waals surface area contributed by atoms with Gasteiger partial charge in [-0.25, -0.2) is 0 Å². The summed E-state index contributed by atoms with van der Waals surface area (Å²) in [5, 5.41) is 0.276. The smallest absolute Gasteiger partial charge is 0.192 e. The molecule has 0 spiro atoms. The van der Waals surface area contributed by atoms with E-state index in [1.807, 2.05) is 11.8 Å². The van der Waals surface area contributed by atoms with Crippen molar-refractivity contribution in [1.82, 2.24) is 0 Å². The van der Waals surface area contributed by atoms with Crippen LogP contribution in [0.5, 0.6) is 0 Å². The van der Waals surface area contributed by atoms with Crippen molar-refractivity contribution in [2.24, 2.45) is 5.92 Å². The number of thioether (sulfide) groups is 1. The number of fused-ring (bicyclic) bond motifs is 4. The van der Waals surface area contributed by atoms with Crippen LogP contribution in [0.3, 0.4) is 0 Å². The average Bonchev–Trinajstić information content (AvgIpc) is 3.50. The van der Waals surface area contributed by atoms with Crippen LogP contribution in [0, 0.1) is 5.92 Å². The molecule has 0 unspecified atom stereocenters. The molecule has 5 aliphatic heterocycles. The Hall–Kier alpha value is -0.139. The van der Waals surface area contributed by atoms with Crippen molar-refractivity contribution < 1.29 is 41.7 Å². The summed E-state index contributed by atoms with van der Waals surface area (Å²) in [6, 6.07) is 10.5. The van der Waals surface area contributed by atoms with E-state index in [1.165, 1.54) is 5.56 Å². The highest BCUT2D eigenvalue weighted by molar-refractivity contribution is 8.00. The van der Waals surface area contributed by atoms with Gasteiger partial charge in [0.2, 0.25) is 0 Å². The van der Waals surface area contributed by atoms with Crippen molar-refractivity contribution in [3.05, 3.63) is 35.9 Å². The molecule has 69 heavy (non-hydrogen) atoms. The maximum atomic E-state index is 7.78. The summed E-state index contributed by atoms with van der Waals surface area (Å²) in [7, 11) is -6.31. The maximum Gasteiger partial charge on any atom is 0.192 e. The Balaban J connectivity index is 1.25. The van der Waals surface area contributed by atoms with Gasteiger partial charge in [-0.3, -0.25) is 0 Å². The van der Waals surface area contributed by atoms with Gasteiger partial charge < -0.3 is 41.7 Å². The third-order valence-corrected chi connectivity index (χ3v) is 33.4. The molecule has 13 atom stereocenters. The number of rotatable bonds is 17. The molecule has 0 saturated carbocycles. The van der Waals surface area contributed by atoms with Gasteiger partial charge in [0.1, 0.15) is 11.0 Å². The first kappa shape index (κ1) is 58.1. The van der Waals surface area contributed by atoms with E-state index in [9.17, 15) is 0 Å². The predicted molar refractivity (Wildman–Crippen MR) is 293 cm³/mol. The zero-order valence-electron chi connectivity index (χ0n) is 47.3. The minimum absolute atomic E-state index is 0.0282. The molecule has 9 nitrogen and oxygen atoms in total. The molecule has 13 heteroatoms. The third-order valence-electron chi connectivity index (χ3n) is 18.5. The van der Waals surface area contributed by atoms with Crippen molar-refractivity contribution in [3.8, 4) is 0 Å². The van der Waals surface area contributed by atoms with Crippen molar-refractivity contribution in [2.45, 2.75) is 293 Å². The second-order valence-corrected chi connectivity index (χ2v) is 42.9. The van der Waals surface area contributed by atoms with E-state index in [2.05, 4.69) is 160 Å². The monoisotopic (exact) mass is 1030 g/mol. The molecular formula is C56H102O9SSi3.